The van der Waals surface area contributed by atoms with Gasteiger partial charge in [0.05, 0.1) is 16.2 Å². The summed E-state index contributed by atoms with van der Waals surface area (Å²) in [5, 5.41) is 16.2. The van der Waals surface area contributed by atoms with Crippen LogP contribution in [0.15, 0.2) is 90.6 Å². The minimum Gasteiger partial charge on any atom is -0.350 e. The Hall–Kier alpha value is -4.78. The largest absolute Gasteiger partial charge is 0.350 e. The molecule has 4 aromatic rings. The number of nitrogens with zero attached hydrogens (tertiary/aromatic N) is 2. The van der Waals surface area contributed by atoms with Crippen LogP contribution < -0.4 is 10.2 Å². The maximum Gasteiger partial charge on any atom is 0.282 e. The number of imide groups is 1. The van der Waals surface area contributed by atoms with Crippen LogP contribution >= 0.6 is 0 Å². The summed E-state index contributed by atoms with van der Waals surface area (Å²) in [5.74, 6) is -0.977. The van der Waals surface area contributed by atoms with E-state index >= 15 is 0 Å². The van der Waals surface area contributed by atoms with E-state index in [0.717, 1.165) is 26.8 Å². The van der Waals surface area contributed by atoms with Crippen molar-refractivity contribution in [2.75, 3.05) is 10.2 Å². The van der Waals surface area contributed by atoms with Gasteiger partial charge in [0.25, 0.3) is 17.5 Å². The Bertz CT molecular complexity index is 1550. The topological polar surface area (TPSA) is 92.6 Å². The lowest BCUT2D eigenvalue weighted by Crippen LogP contribution is -2.32. The second-order valence-electron chi connectivity index (χ2n) is 8.42. The summed E-state index contributed by atoms with van der Waals surface area (Å²) in [6.45, 7) is 3.88. The average molecular weight is 463 g/mol. The lowest BCUT2D eigenvalue weighted by Gasteiger charge is -2.17. The first kappa shape index (κ1) is 22.0. The number of hydrogen-bond donors (Lipinski definition) is 1. The van der Waals surface area contributed by atoms with Crippen molar-refractivity contribution in [3.05, 3.63) is 117 Å². The van der Waals surface area contributed by atoms with Crippen LogP contribution in [0.1, 0.15) is 16.7 Å². The molecule has 35 heavy (non-hydrogen) atoms. The van der Waals surface area contributed by atoms with Gasteiger partial charge in [-0.25, -0.2) is 4.90 Å². The van der Waals surface area contributed by atoms with Gasteiger partial charge in [0.15, 0.2) is 0 Å². The molecule has 1 aliphatic rings. The summed E-state index contributed by atoms with van der Waals surface area (Å²) in [4.78, 5) is 39.1. The fourth-order valence-corrected chi connectivity index (χ4v) is 4.23. The van der Waals surface area contributed by atoms with E-state index in [1.165, 1.54) is 24.3 Å². The molecule has 0 radical (unpaired) electrons. The number of fused-ring (bicyclic) bond motifs is 1. The molecule has 0 aromatic heterocycles. The second kappa shape index (κ2) is 8.53. The van der Waals surface area contributed by atoms with Gasteiger partial charge in [0.1, 0.15) is 5.70 Å². The summed E-state index contributed by atoms with van der Waals surface area (Å²) in [6.07, 6.45) is 0. The molecular formula is C28H21N3O4. The van der Waals surface area contributed by atoms with Gasteiger partial charge in [0, 0.05) is 23.2 Å². The molecule has 1 heterocycles. The van der Waals surface area contributed by atoms with Crippen molar-refractivity contribution >= 4 is 45.2 Å². The number of nitrogens with one attached hydrogen (secondary N) is 1. The van der Waals surface area contributed by atoms with Crippen molar-refractivity contribution in [3.8, 4) is 0 Å². The number of nitro groups is 1. The number of nitro benzene ring substituents is 1. The van der Waals surface area contributed by atoms with Crippen LogP contribution in [0, 0.1) is 24.0 Å². The standard InChI is InChI=1S/C28H21N3O4/c1-17-10-13-22(16-18(17)2)30-27(32)25(20-11-14-21(15-12-20)31(34)35)26(28(30)33)29-24-9-5-7-19-6-3-4-8-23(19)24/h3-16,29H,1-2H3. The van der Waals surface area contributed by atoms with Crippen LogP contribution in [0.2, 0.25) is 0 Å². The zero-order valence-electron chi connectivity index (χ0n) is 19.1. The number of non-ortho nitro benzene ring substituents is 1. The number of rotatable bonds is 5. The Morgan fingerprint density at radius 1 is 0.800 bits per heavy atom. The Labute approximate surface area is 201 Å². The molecule has 0 atom stereocenters. The van der Waals surface area contributed by atoms with E-state index in [9.17, 15) is 19.7 Å². The minimum absolute atomic E-state index is 0.0966. The summed E-state index contributed by atoms with van der Waals surface area (Å²) in [5.41, 5.74) is 3.76. The van der Waals surface area contributed by atoms with Crippen LogP contribution in [-0.2, 0) is 9.59 Å². The van der Waals surface area contributed by atoms with E-state index in [0.29, 0.717) is 16.9 Å². The Balaban J connectivity index is 1.66. The number of carbonyl (C=O) groups is 2. The van der Waals surface area contributed by atoms with E-state index in [2.05, 4.69) is 5.32 Å². The Morgan fingerprint density at radius 2 is 1.51 bits per heavy atom. The predicted molar refractivity (Wildman–Crippen MR) is 136 cm³/mol. The molecule has 5 rings (SSSR count). The molecule has 0 fully saturated rings. The van der Waals surface area contributed by atoms with Crippen LogP contribution in [0.3, 0.4) is 0 Å². The number of carbonyl (C=O) groups excluding carboxylic acids is 2. The Kier molecular flexibility index (Phi) is 5.37. The van der Waals surface area contributed by atoms with Crippen molar-refractivity contribution < 1.29 is 14.5 Å². The molecule has 1 aliphatic heterocycles. The molecule has 0 unspecified atom stereocenters. The third-order valence-electron chi connectivity index (χ3n) is 6.25. The van der Waals surface area contributed by atoms with E-state index < -0.39 is 16.7 Å². The SMILES string of the molecule is Cc1ccc(N2C(=O)C(Nc3cccc4ccccc34)=C(c3ccc([N+](=O)[O-])cc3)C2=O)cc1C. The normalized spacial score (nSPS) is 13.6. The lowest BCUT2D eigenvalue weighted by atomic mass is 10.0. The van der Waals surface area contributed by atoms with Gasteiger partial charge >= 0.3 is 0 Å². The fraction of sp³-hybridized carbons (Fsp3) is 0.0714. The molecule has 0 saturated carbocycles. The first-order valence-corrected chi connectivity index (χ1v) is 11.0. The molecule has 4 aromatic carbocycles. The molecule has 2 amide bonds. The van der Waals surface area contributed by atoms with Crippen molar-refractivity contribution in [2.45, 2.75) is 13.8 Å². The van der Waals surface area contributed by atoms with Crippen molar-refractivity contribution in [3.63, 3.8) is 0 Å². The van der Waals surface area contributed by atoms with Gasteiger partial charge in [-0.1, -0.05) is 42.5 Å². The average Bonchev–Trinajstić information content (AvgIpc) is 3.10. The van der Waals surface area contributed by atoms with Crippen molar-refractivity contribution in [2.24, 2.45) is 0 Å². The first-order valence-electron chi connectivity index (χ1n) is 11.0. The molecule has 7 heteroatoms. The highest BCUT2D eigenvalue weighted by atomic mass is 16.6. The van der Waals surface area contributed by atoms with Crippen LogP contribution in [-0.4, -0.2) is 16.7 Å². The maximum atomic E-state index is 13.7. The van der Waals surface area contributed by atoms with Crippen molar-refractivity contribution in [1.82, 2.24) is 0 Å². The summed E-state index contributed by atoms with van der Waals surface area (Å²) >= 11 is 0. The quantitative estimate of drug-likeness (QED) is 0.231. The van der Waals surface area contributed by atoms with E-state index in [4.69, 9.17) is 0 Å². The van der Waals surface area contributed by atoms with Crippen LogP contribution in [0.4, 0.5) is 17.1 Å². The minimum atomic E-state index is -0.504. The maximum absolute atomic E-state index is 13.7. The lowest BCUT2D eigenvalue weighted by molar-refractivity contribution is -0.384. The smallest absolute Gasteiger partial charge is 0.282 e. The predicted octanol–water partition coefficient (Wildman–Crippen LogP) is 5.76. The van der Waals surface area contributed by atoms with Crippen molar-refractivity contribution in [1.29, 1.82) is 0 Å². The third kappa shape index (κ3) is 3.83. The highest BCUT2D eigenvalue weighted by molar-refractivity contribution is 6.46. The van der Waals surface area contributed by atoms with E-state index in [1.54, 1.807) is 12.1 Å². The summed E-state index contributed by atoms with van der Waals surface area (Å²) in [7, 11) is 0. The molecule has 0 saturated heterocycles. The van der Waals surface area contributed by atoms with Gasteiger partial charge < -0.3 is 5.32 Å². The number of amides is 2. The van der Waals surface area contributed by atoms with Crippen LogP contribution in [0.5, 0.6) is 0 Å². The molecule has 0 aliphatic carbocycles. The number of aryl methyl sites for hydroxylation is 2. The molecule has 0 bridgehead atoms. The molecule has 0 spiro atoms. The molecule has 1 N–H and O–H groups in total. The van der Waals surface area contributed by atoms with Crippen LogP contribution in [0.25, 0.3) is 16.3 Å². The highest BCUT2D eigenvalue weighted by Gasteiger charge is 2.40. The van der Waals surface area contributed by atoms with Gasteiger partial charge in [-0.15, -0.1) is 0 Å². The molecule has 172 valence electrons. The zero-order valence-corrected chi connectivity index (χ0v) is 19.1. The zero-order chi connectivity index (χ0) is 24.7. The van der Waals surface area contributed by atoms with Gasteiger partial charge in [-0.05, 0) is 66.3 Å². The number of anilines is 2. The number of hydrogen-bond acceptors (Lipinski definition) is 5. The van der Waals surface area contributed by atoms with Gasteiger partial charge in [-0.3, -0.25) is 19.7 Å². The van der Waals surface area contributed by atoms with E-state index in [-0.39, 0.29) is 17.0 Å². The fourth-order valence-electron chi connectivity index (χ4n) is 4.23. The van der Waals surface area contributed by atoms with Gasteiger partial charge in [-0.2, -0.15) is 0 Å². The molecule has 7 nitrogen and oxygen atoms in total. The monoisotopic (exact) mass is 463 g/mol. The van der Waals surface area contributed by atoms with Gasteiger partial charge in [0.2, 0.25) is 0 Å². The Morgan fingerprint density at radius 3 is 2.23 bits per heavy atom. The first-order chi connectivity index (χ1) is 16.8. The molecular weight excluding hydrogens is 442 g/mol. The van der Waals surface area contributed by atoms with E-state index in [1.807, 2.05) is 62.4 Å². The highest BCUT2D eigenvalue weighted by Crippen LogP contribution is 2.36. The summed E-state index contributed by atoms with van der Waals surface area (Å²) < 4.78 is 0. The second-order valence-corrected chi connectivity index (χ2v) is 8.42. The number of benzene rings is 4. The third-order valence-corrected chi connectivity index (χ3v) is 6.25. The summed E-state index contributed by atoms with van der Waals surface area (Å²) in [6, 6.07) is 24.5.